The van der Waals surface area contributed by atoms with Gasteiger partial charge in [0.05, 0.1) is 18.8 Å². The van der Waals surface area contributed by atoms with Crippen LogP contribution in [-0.4, -0.2) is 74.1 Å². The Morgan fingerprint density at radius 2 is 1.89 bits per heavy atom. The van der Waals surface area contributed by atoms with Gasteiger partial charge in [0.15, 0.2) is 0 Å². The van der Waals surface area contributed by atoms with Gasteiger partial charge in [0.2, 0.25) is 11.8 Å². The number of hydrogen-bond acceptors (Lipinski definition) is 7. The molecule has 1 heterocycles. The maximum absolute atomic E-state index is 12.4. The van der Waals surface area contributed by atoms with Crippen LogP contribution in [-0.2, 0) is 25.6 Å². The maximum Gasteiger partial charge on any atom is 0.326 e. The SMILES string of the molecule is CSCCC(N)C(=O)NC(CC(=O)O)C(=O)NC(Cc1cnc[nH]1)C(=O)O. The predicted molar refractivity (Wildman–Crippen MR) is 97.0 cm³/mol. The molecule has 1 aromatic rings. The third-order valence-corrected chi connectivity index (χ3v) is 4.22. The third-order valence-electron chi connectivity index (χ3n) is 3.57. The van der Waals surface area contributed by atoms with Gasteiger partial charge in [-0.2, -0.15) is 11.8 Å². The fourth-order valence-electron chi connectivity index (χ4n) is 2.13. The number of carbonyl (C=O) groups is 4. The number of amides is 2. The Labute approximate surface area is 159 Å². The molecule has 0 fully saturated rings. The van der Waals surface area contributed by atoms with E-state index in [1.807, 2.05) is 6.26 Å². The van der Waals surface area contributed by atoms with E-state index < -0.39 is 48.3 Å². The number of nitrogens with one attached hydrogen (secondary N) is 3. The summed E-state index contributed by atoms with van der Waals surface area (Å²) in [6, 6.07) is -3.67. The molecule has 0 saturated heterocycles. The van der Waals surface area contributed by atoms with Crippen LogP contribution in [0.3, 0.4) is 0 Å². The molecule has 3 unspecified atom stereocenters. The minimum absolute atomic E-state index is 0.0813. The van der Waals surface area contributed by atoms with Crippen LogP contribution in [0.4, 0.5) is 0 Å². The highest BCUT2D eigenvalue weighted by molar-refractivity contribution is 7.98. The molecular formula is C15H23N5O6S. The lowest BCUT2D eigenvalue weighted by Gasteiger charge is -2.21. The van der Waals surface area contributed by atoms with E-state index in [1.165, 1.54) is 24.3 Å². The van der Waals surface area contributed by atoms with Gasteiger partial charge < -0.3 is 31.6 Å². The van der Waals surface area contributed by atoms with Crippen molar-refractivity contribution in [3.63, 3.8) is 0 Å². The Hall–Kier alpha value is -2.60. The average molecular weight is 401 g/mol. The molecule has 1 aromatic heterocycles. The average Bonchev–Trinajstić information content (AvgIpc) is 3.10. The van der Waals surface area contributed by atoms with Crippen molar-refractivity contribution in [2.45, 2.75) is 37.4 Å². The van der Waals surface area contributed by atoms with Crippen molar-refractivity contribution in [2.24, 2.45) is 5.73 Å². The second-order valence-electron chi connectivity index (χ2n) is 5.73. The summed E-state index contributed by atoms with van der Waals surface area (Å²) >= 11 is 1.49. The smallest absolute Gasteiger partial charge is 0.326 e. The molecule has 27 heavy (non-hydrogen) atoms. The van der Waals surface area contributed by atoms with Crippen molar-refractivity contribution in [3.05, 3.63) is 18.2 Å². The number of imidazole rings is 1. The first-order valence-electron chi connectivity index (χ1n) is 8.01. The van der Waals surface area contributed by atoms with Crippen LogP contribution >= 0.6 is 11.8 Å². The number of aliphatic carboxylic acids is 2. The van der Waals surface area contributed by atoms with Gasteiger partial charge in [0, 0.05) is 18.3 Å². The van der Waals surface area contributed by atoms with Gasteiger partial charge in [-0.15, -0.1) is 0 Å². The van der Waals surface area contributed by atoms with Crippen LogP contribution in [0, 0.1) is 0 Å². The summed E-state index contributed by atoms with van der Waals surface area (Å²) < 4.78 is 0. The van der Waals surface area contributed by atoms with Gasteiger partial charge in [-0.3, -0.25) is 14.4 Å². The summed E-state index contributed by atoms with van der Waals surface area (Å²) in [7, 11) is 0. The second-order valence-corrected chi connectivity index (χ2v) is 6.71. The van der Waals surface area contributed by atoms with Crippen molar-refractivity contribution in [1.82, 2.24) is 20.6 Å². The predicted octanol–water partition coefficient (Wildman–Crippen LogP) is -1.44. The summed E-state index contributed by atoms with van der Waals surface area (Å²) in [6.45, 7) is 0. The van der Waals surface area contributed by atoms with E-state index in [0.717, 1.165) is 0 Å². The Kier molecular flexibility index (Phi) is 9.30. The van der Waals surface area contributed by atoms with Crippen molar-refractivity contribution in [2.75, 3.05) is 12.0 Å². The zero-order valence-electron chi connectivity index (χ0n) is 14.7. The molecular weight excluding hydrogens is 378 g/mol. The number of nitrogens with two attached hydrogens (primary N) is 1. The molecule has 0 aliphatic rings. The van der Waals surface area contributed by atoms with Crippen molar-refractivity contribution >= 4 is 35.5 Å². The number of rotatable bonds is 12. The van der Waals surface area contributed by atoms with E-state index in [2.05, 4.69) is 20.6 Å². The van der Waals surface area contributed by atoms with Crippen LogP contribution in [0.25, 0.3) is 0 Å². The summed E-state index contributed by atoms with van der Waals surface area (Å²) in [6.07, 6.45) is 4.18. The first-order valence-corrected chi connectivity index (χ1v) is 9.41. The molecule has 0 spiro atoms. The van der Waals surface area contributed by atoms with E-state index in [4.69, 9.17) is 10.8 Å². The number of carbonyl (C=O) groups excluding carboxylic acids is 2. The summed E-state index contributed by atoms with van der Waals surface area (Å²) in [5.41, 5.74) is 6.19. The van der Waals surface area contributed by atoms with Gasteiger partial charge in [-0.25, -0.2) is 9.78 Å². The van der Waals surface area contributed by atoms with Gasteiger partial charge in [-0.05, 0) is 18.4 Å². The number of nitrogens with zero attached hydrogens (tertiary/aromatic N) is 1. The van der Waals surface area contributed by atoms with Crippen LogP contribution in [0.15, 0.2) is 12.5 Å². The Morgan fingerprint density at radius 3 is 2.41 bits per heavy atom. The first kappa shape index (κ1) is 22.4. The molecule has 2 amide bonds. The van der Waals surface area contributed by atoms with Crippen LogP contribution < -0.4 is 16.4 Å². The molecule has 12 heteroatoms. The fourth-order valence-corrected chi connectivity index (χ4v) is 2.62. The lowest BCUT2D eigenvalue weighted by Crippen LogP contribution is -2.55. The van der Waals surface area contributed by atoms with Crippen LogP contribution in [0.2, 0.25) is 0 Å². The summed E-state index contributed by atoms with van der Waals surface area (Å²) in [5, 5.41) is 22.8. The highest BCUT2D eigenvalue weighted by Gasteiger charge is 2.29. The Balaban J connectivity index is 2.78. The first-order chi connectivity index (χ1) is 12.7. The van der Waals surface area contributed by atoms with E-state index in [9.17, 15) is 24.3 Å². The van der Waals surface area contributed by atoms with Crippen molar-refractivity contribution in [1.29, 1.82) is 0 Å². The molecule has 150 valence electrons. The normalized spacial score (nSPS) is 14.0. The monoisotopic (exact) mass is 401 g/mol. The van der Waals surface area contributed by atoms with E-state index in [-0.39, 0.29) is 6.42 Å². The van der Waals surface area contributed by atoms with Gasteiger partial charge in [0.25, 0.3) is 0 Å². The lowest BCUT2D eigenvalue weighted by atomic mass is 10.1. The zero-order valence-corrected chi connectivity index (χ0v) is 15.5. The molecule has 1 rings (SSSR count). The second kappa shape index (κ2) is 11.2. The zero-order chi connectivity index (χ0) is 20.4. The van der Waals surface area contributed by atoms with Gasteiger partial charge in [-0.1, -0.05) is 0 Å². The number of hydrogen-bond donors (Lipinski definition) is 6. The quantitative estimate of drug-likeness (QED) is 0.244. The lowest BCUT2D eigenvalue weighted by molar-refractivity contribution is -0.143. The fraction of sp³-hybridized carbons (Fsp3) is 0.533. The van der Waals surface area contributed by atoms with Crippen molar-refractivity contribution < 1.29 is 29.4 Å². The van der Waals surface area contributed by atoms with Crippen LogP contribution in [0.5, 0.6) is 0 Å². The Morgan fingerprint density at radius 1 is 1.22 bits per heavy atom. The molecule has 0 aromatic carbocycles. The highest BCUT2D eigenvalue weighted by atomic mass is 32.2. The maximum atomic E-state index is 12.4. The molecule has 0 aliphatic heterocycles. The van der Waals surface area contributed by atoms with E-state index in [1.54, 1.807) is 0 Å². The van der Waals surface area contributed by atoms with Gasteiger partial charge in [0.1, 0.15) is 12.1 Å². The number of H-pyrrole nitrogens is 1. The number of aromatic amines is 1. The number of aromatic nitrogens is 2. The van der Waals surface area contributed by atoms with Crippen LogP contribution in [0.1, 0.15) is 18.5 Å². The Bertz CT molecular complexity index is 653. The highest BCUT2D eigenvalue weighted by Crippen LogP contribution is 2.03. The number of carboxylic acid groups (broad SMARTS) is 2. The molecule has 0 aliphatic carbocycles. The summed E-state index contributed by atoms with van der Waals surface area (Å²) in [4.78, 5) is 53.3. The molecule has 0 radical (unpaired) electrons. The molecule has 0 saturated carbocycles. The van der Waals surface area contributed by atoms with E-state index >= 15 is 0 Å². The van der Waals surface area contributed by atoms with Crippen molar-refractivity contribution in [3.8, 4) is 0 Å². The topological polar surface area (TPSA) is 188 Å². The molecule has 7 N–H and O–H groups in total. The van der Waals surface area contributed by atoms with Gasteiger partial charge >= 0.3 is 11.9 Å². The summed E-state index contributed by atoms with van der Waals surface area (Å²) in [5.74, 6) is -3.61. The molecule has 0 bridgehead atoms. The molecule has 11 nitrogen and oxygen atoms in total. The largest absolute Gasteiger partial charge is 0.481 e. The minimum Gasteiger partial charge on any atom is -0.481 e. The third kappa shape index (κ3) is 8.09. The standard InChI is InChI=1S/C15H23N5O6S/c1-27-3-2-9(16)13(23)19-10(5-12(21)22)14(24)20-11(15(25)26)4-8-6-17-7-18-8/h6-7,9-11H,2-5,16H2,1H3,(H,17,18)(H,19,23)(H,20,24)(H,21,22)(H,25,26). The minimum atomic E-state index is -1.45. The van der Waals surface area contributed by atoms with E-state index in [0.29, 0.717) is 17.9 Å². The number of thioether (sulfide) groups is 1. The molecule has 3 atom stereocenters. The number of carboxylic acids is 2.